The molecule has 7 nitrogen and oxygen atoms in total. The largest absolute Gasteiger partial charge is 0.364 e. The summed E-state index contributed by atoms with van der Waals surface area (Å²) in [4.78, 5) is 18.9. The van der Waals surface area contributed by atoms with Crippen LogP contribution in [0.4, 0.5) is 17.3 Å². The molecule has 1 unspecified atom stereocenters. The van der Waals surface area contributed by atoms with E-state index in [4.69, 9.17) is 0 Å². The molecule has 1 fully saturated rings. The molecule has 0 saturated heterocycles. The minimum Gasteiger partial charge on any atom is -0.364 e. The van der Waals surface area contributed by atoms with Crippen LogP contribution < -0.4 is 10.6 Å². The number of nitrogens with one attached hydrogen (secondary N) is 2. The number of anilines is 2. The lowest BCUT2D eigenvalue weighted by molar-refractivity contribution is -0.383. The SMILES string of the molecule is CCCNc1ncnc(NC(C)C2CCC2)c1[N+](=O)[O-]. The van der Waals surface area contributed by atoms with Crippen LogP contribution in [0.2, 0.25) is 0 Å². The molecule has 0 amide bonds. The van der Waals surface area contributed by atoms with Crippen molar-refractivity contribution in [3.8, 4) is 0 Å². The predicted molar refractivity (Wildman–Crippen MR) is 77.9 cm³/mol. The average molecular weight is 279 g/mol. The Balaban J connectivity index is 2.19. The third-order valence-corrected chi connectivity index (χ3v) is 3.77. The zero-order valence-corrected chi connectivity index (χ0v) is 11.9. The molecule has 0 aromatic carbocycles. The van der Waals surface area contributed by atoms with E-state index < -0.39 is 4.92 Å². The topological polar surface area (TPSA) is 93.0 Å². The first kappa shape index (κ1) is 14.5. The molecule has 1 aromatic rings. The van der Waals surface area contributed by atoms with E-state index in [1.165, 1.54) is 25.6 Å². The highest BCUT2D eigenvalue weighted by molar-refractivity contribution is 5.69. The van der Waals surface area contributed by atoms with E-state index in [9.17, 15) is 10.1 Å². The summed E-state index contributed by atoms with van der Waals surface area (Å²) in [6.07, 6.45) is 5.83. The molecule has 0 spiro atoms. The van der Waals surface area contributed by atoms with Gasteiger partial charge in [0.2, 0.25) is 11.6 Å². The molecule has 0 aliphatic heterocycles. The number of rotatable bonds is 7. The maximum absolute atomic E-state index is 11.3. The van der Waals surface area contributed by atoms with Gasteiger partial charge in [0.15, 0.2) is 0 Å². The Morgan fingerprint density at radius 3 is 2.70 bits per heavy atom. The summed E-state index contributed by atoms with van der Waals surface area (Å²) in [5.41, 5.74) is -0.0628. The van der Waals surface area contributed by atoms with Crippen LogP contribution in [0.3, 0.4) is 0 Å². The summed E-state index contributed by atoms with van der Waals surface area (Å²) in [6, 6.07) is 0.191. The molecule has 2 rings (SSSR count). The quantitative estimate of drug-likeness (QED) is 0.589. The first-order chi connectivity index (χ1) is 9.63. The fourth-order valence-corrected chi connectivity index (χ4v) is 2.30. The summed E-state index contributed by atoms with van der Waals surface area (Å²) in [5, 5.41) is 17.4. The number of hydrogen-bond acceptors (Lipinski definition) is 6. The van der Waals surface area contributed by atoms with Crippen molar-refractivity contribution in [1.82, 2.24) is 9.97 Å². The molecule has 2 N–H and O–H groups in total. The lowest BCUT2D eigenvalue weighted by Gasteiger charge is -2.32. The van der Waals surface area contributed by atoms with Crippen LogP contribution in [0.25, 0.3) is 0 Å². The Morgan fingerprint density at radius 1 is 1.45 bits per heavy atom. The third kappa shape index (κ3) is 3.15. The fourth-order valence-electron chi connectivity index (χ4n) is 2.30. The molecule has 0 radical (unpaired) electrons. The van der Waals surface area contributed by atoms with Gasteiger partial charge in [0.25, 0.3) is 0 Å². The van der Waals surface area contributed by atoms with E-state index in [1.807, 2.05) is 6.92 Å². The Hall–Kier alpha value is -1.92. The van der Waals surface area contributed by atoms with E-state index in [0.29, 0.717) is 18.3 Å². The van der Waals surface area contributed by atoms with Gasteiger partial charge in [-0.15, -0.1) is 0 Å². The standard InChI is InChI=1S/C13H21N5O2/c1-3-7-14-12-11(18(19)20)13(16-8-15-12)17-9(2)10-5-4-6-10/h8-10H,3-7H2,1-2H3,(H2,14,15,16,17). The first-order valence-electron chi connectivity index (χ1n) is 7.13. The summed E-state index contributed by atoms with van der Waals surface area (Å²) in [7, 11) is 0. The van der Waals surface area contributed by atoms with Crippen molar-refractivity contribution < 1.29 is 4.92 Å². The predicted octanol–water partition coefficient (Wildman–Crippen LogP) is 2.81. The Morgan fingerprint density at radius 2 is 2.15 bits per heavy atom. The van der Waals surface area contributed by atoms with Gasteiger partial charge in [-0.25, -0.2) is 9.97 Å². The normalized spacial score (nSPS) is 16.3. The lowest BCUT2D eigenvalue weighted by Crippen LogP contribution is -2.31. The molecular weight excluding hydrogens is 258 g/mol. The highest BCUT2D eigenvalue weighted by Gasteiger charge is 2.28. The van der Waals surface area contributed by atoms with Gasteiger partial charge in [-0.1, -0.05) is 13.3 Å². The molecule has 20 heavy (non-hydrogen) atoms. The van der Waals surface area contributed by atoms with Gasteiger partial charge < -0.3 is 10.6 Å². The molecule has 1 saturated carbocycles. The average Bonchev–Trinajstić information content (AvgIpc) is 2.33. The van der Waals surface area contributed by atoms with Crippen molar-refractivity contribution >= 4 is 17.3 Å². The smallest absolute Gasteiger partial charge is 0.353 e. The van der Waals surface area contributed by atoms with Crippen LogP contribution in [0, 0.1) is 16.0 Å². The van der Waals surface area contributed by atoms with E-state index in [-0.39, 0.29) is 17.5 Å². The number of nitro groups is 1. The van der Waals surface area contributed by atoms with E-state index in [2.05, 4.69) is 27.5 Å². The molecule has 1 heterocycles. The van der Waals surface area contributed by atoms with Gasteiger partial charge in [0, 0.05) is 12.6 Å². The van der Waals surface area contributed by atoms with E-state index in [1.54, 1.807) is 0 Å². The minimum absolute atomic E-state index is 0.0628. The molecule has 1 aliphatic rings. The van der Waals surface area contributed by atoms with Gasteiger partial charge in [0.1, 0.15) is 6.33 Å². The molecule has 7 heteroatoms. The van der Waals surface area contributed by atoms with Crippen molar-refractivity contribution in [3.63, 3.8) is 0 Å². The molecule has 1 atom stereocenters. The minimum atomic E-state index is -0.423. The van der Waals surface area contributed by atoms with Crippen LogP contribution in [0.1, 0.15) is 39.5 Å². The molecule has 1 aromatic heterocycles. The fraction of sp³-hybridized carbons (Fsp3) is 0.692. The maximum atomic E-state index is 11.3. The monoisotopic (exact) mass is 279 g/mol. The van der Waals surface area contributed by atoms with Crippen LogP contribution in [0.15, 0.2) is 6.33 Å². The van der Waals surface area contributed by atoms with E-state index in [0.717, 1.165) is 6.42 Å². The zero-order chi connectivity index (χ0) is 14.5. The second-order valence-electron chi connectivity index (χ2n) is 5.23. The van der Waals surface area contributed by atoms with Crippen molar-refractivity contribution in [3.05, 3.63) is 16.4 Å². The van der Waals surface area contributed by atoms with Crippen molar-refractivity contribution in [2.45, 2.75) is 45.6 Å². The second kappa shape index (κ2) is 6.49. The maximum Gasteiger partial charge on any atom is 0.353 e. The lowest BCUT2D eigenvalue weighted by atomic mass is 9.80. The number of aromatic nitrogens is 2. The van der Waals surface area contributed by atoms with Gasteiger partial charge in [-0.05, 0) is 32.1 Å². The van der Waals surface area contributed by atoms with Crippen LogP contribution in [0.5, 0.6) is 0 Å². The summed E-state index contributed by atoms with van der Waals surface area (Å²) in [6.45, 7) is 4.70. The molecule has 1 aliphatic carbocycles. The zero-order valence-electron chi connectivity index (χ0n) is 11.9. The van der Waals surface area contributed by atoms with Crippen molar-refractivity contribution in [1.29, 1.82) is 0 Å². The number of nitrogens with zero attached hydrogens (tertiary/aromatic N) is 3. The van der Waals surface area contributed by atoms with Gasteiger partial charge in [-0.3, -0.25) is 10.1 Å². The van der Waals surface area contributed by atoms with Crippen LogP contribution in [-0.2, 0) is 0 Å². The van der Waals surface area contributed by atoms with Gasteiger partial charge >= 0.3 is 5.69 Å². The highest BCUT2D eigenvalue weighted by Crippen LogP contribution is 2.34. The summed E-state index contributed by atoms with van der Waals surface area (Å²) < 4.78 is 0. The molecule has 0 bridgehead atoms. The van der Waals surface area contributed by atoms with Crippen molar-refractivity contribution in [2.75, 3.05) is 17.2 Å². The van der Waals surface area contributed by atoms with E-state index >= 15 is 0 Å². The van der Waals surface area contributed by atoms with Crippen molar-refractivity contribution in [2.24, 2.45) is 5.92 Å². The Labute approximate surface area is 118 Å². The van der Waals surface area contributed by atoms with Crippen LogP contribution >= 0.6 is 0 Å². The second-order valence-corrected chi connectivity index (χ2v) is 5.23. The Kier molecular flexibility index (Phi) is 4.70. The molecule has 110 valence electrons. The van der Waals surface area contributed by atoms with Crippen LogP contribution in [-0.4, -0.2) is 27.5 Å². The summed E-state index contributed by atoms with van der Waals surface area (Å²) in [5.74, 6) is 1.18. The molecular formula is C13H21N5O2. The Bertz CT molecular complexity index is 476. The number of hydrogen-bond donors (Lipinski definition) is 2. The third-order valence-electron chi connectivity index (χ3n) is 3.77. The van der Waals surface area contributed by atoms with Gasteiger partial charge in [0.05, 0.1) is 4.92 Å². The summed E-state index contributed by atoms with van der Waals surface area (Å²) >= 11 is 0. The van der Waals surface area contributed by atoms with Gasteiger partial charge in [-0.2, -0.15) is 0 Å². The highest BCUT2D eigenvalue weighted by atomic mass is 16.6. The first-order valence-corrected chi connectivity index (χ1v) is 7.13.